The average Bonchev–Trinajstić information content (AvgIpc) is 3.39. The molecule has 0 spiro atoms. The molecular weight excluding hydrogens is 646 g/mol. The predicted octanol–water partition coefficient (Wildman–Crippen LogP) is 6.78. The zero-order valence-electron chi connectivity index (χ0n) is 26.8. The zero-order valence-corrected chi connectivity index (χ0v) is 28.4. The number of pyridine rings is 1. The van der Waals surface area contributed by atoms with E-state index in [1.54, 1.807) is 28.9 Å². The molecule has 0 radical (unpaired) electrons. The molecule has 1 atom stereocenters. The highest BCUT2D eigenvalue weighted by Gasteiger charge is 2.28. The largest absolute Gasteiger partial charge is 0.329 e. The van der Waals surface area contributed by atoms with Crippen LogP contribution in [0.25, 0.3) is 22.0 Å². The summed E-state index contributed by atoms with van der Waals surface area (Å²) in [6.07, 6.45) is 14.4. The Morgan fingerprint density at radius 2 is 1.72 bits per heavy atom. The van der Waals surface area contributed by atoms with Crippen LogP contribution in [-0.4, -0.2) is 59.8 Å². The van der Waals surface area contributed by atoms with Gasteiger partial charge in [-0.1, -0.05) is 31.1 Å². The number of Topliss-reactive ketones (excluding diaryl/α,β-unsaturated/α-hetero) is 1. The molecule has 0 bridgehead atoms. The number of hydrogen-bond donors (Lipinski definition) is 1. The van der Waals surface area contributed by atoms with E-state index in [0.717, 1.165) is 66.3 Å². The Hall–Kier alpha value is -4.25. The van der Waals surface area contributed by atoms with Crippen molar-refractivity contribution in [3.63, 3.8) is 0 Å². The maximum Gasteiger partial charge on any atom is 0.248 e. The Balaban J connectivity index is 1.54. The van der Waals surface area contributed by atoms with Crippen molar-refractivity contribution < 1.29 is 14.4 Å². The molecule has 1 aromatic carbocycles. The van der Waals surface area contributed by atoms with Gasteiger partial charge in [-0.15, -0.1) is 0 Å². The molecule has 1 N–H and O–H groups in total. The van der Waals surface area contributed by atoms with Gasteiger partial charge in [0.15, 0.2) is 5.78 Å². The summed E-state index contributed by atoms with van der Waals surface area (Å²) in [5, 5.41) is 8.31. The fourth-order valence-electron chi connectivity index (χ4n) is 5.81. The first-order valence-electron chi connectivity index (χ1n) is 15.8. The van der Waals surface area contributed by atoms with E-state index in [0.29, 0.717) is 40.3 Å². The molecule has 1 aliphatic rings. The Labute approximate surface area is 277 Å². The molecule has 3 aromatic heterocycles. The third-order valence-electron chi connectivity index (χ3n) is 8.40. The van der Waals surface area contributed by atoms with Crippen LogP contribution in [0.2, 0.25) is 0 Å². The van der Waals surface area contributed by atoms with E-state index in [1.807, 2.05) is 32.0 Å². The molecular formula is C35H40BrN7O3. The summed E-state index contributed by atoms with van der Waals surface area (Å²) in [5.74, 6) is 0.345. The minimum Gasteiger partial charge on any atom is -0.329 e. The number of anilines is 1. The third-order valence-corrected chi connectivity index (χ3v) is 8.84. The number of halogens is 1. The molecule has 10 nitrogen and oxygen atoms in total. The summed E-state index contributed by atoms with van der Waals surface area (Å²) in [4.78, 5) is 55.3. The van der Waals surface area contributed by atoms with Crippen molar-refractivity contribution in [3.05, 3.63) is 76.1 Å². The molecule has 0 saturated carbocycles. The Kier molecular flexibility index (Phi) is 10.7. The Bertz CT molecular complexity index is 1780. The maximum absolute atomic E-state index is 14.1. The van der Waals surface area contributed by atoms with Gasteiger partial charge in [0.2, 0.25) is 11.8 Å². The number of benzene rings is 1. The first kappa shape index (κ1) is 33.1. The second kappa shape index (κ2) is 14.9. The lowest BCUT2D eigenvalue weighted by atomic mass is 9.96. The van der Waals surface area contributed by atoms with Crippen LogP contribution in [0.1, 0.15) is 79.8 Å². The van der Waals surface area contributed by atoms with Crippen molar-refractivity contribution in [1.29, 1.82) is 0 Å². The van der Waals surface area contributed by atoms with Crippen molar-refractivity contribution in [2.24, 2.45) is 0 Å². The molecule has 11 heteroatoms. The van der Waals surface area contributed by atoms with Crippen molar-refractivity contribution in [2.75, 3.05) is 11.9 Å². The van der Waals surface area contributed by atoms with E-state index in [9.17, 15) is 14.4 Å². The summed E-state index contributed by atoms with van der Waals surface area (Å²) in [6, 6.07) is 6.95. The molecule has 0 saturated heterocycles. The van der Waals surface area contributed by atoms with Gasteiger partial charge in [0, 0.05) is 36.8 Å². The van der Waals surface area contributed by atoms with Crippen LogP contribution >= 0.6 is 15.9 Å². The van der Waals surface area contributed by atoms with Gasteiger partial charge >= 0.3 is 0 Å². The normalized spacial score (nSPS) is 16.3. The number of allylic oxidation sites excluding steroid dienone is 1. The van der Waals surface area contributed by atoms with Crippen LogP contribution in [0.5, 0.6) is 0 Å². The van der Waals surface area contributed by atoms with Crippen LogP contribution < -0.4 is 5.32 Å². The quantitative estimate of drug-likeness (QED) is 0.140. The number of aryl methyl sites for hydroxylation is 3. The smallest absolute Gasteiger partial charge is 0.248 e. The molecule has 1 aliphatic heterocycles. The summed E-state index contributed by atoms with van der Waals surface area (Å²) in [7, 11) is 0. The van der Waals surface area contributed by atoms with Crippen LogP contribution in [0.3, 0.4) is 0 Å². The lowest BCUT2D eigenvalue weighted by Gasteiger charge is -2.28. The number of nitrogens with zero attached hydrogens (tertiary/aromatic N) is 6. The molecule has 0 aliphatic carbocycles. The van der Waals surface area contributed by atoms with Crippen LogP contribution in [0.4, 0.5) is 5.82 Å². The van der Waals surface area contributed by atoms with Crippen LogP contribution in [-0.2, 0) is 22.6 Å². The number of rotatable bonds is 5. The Morgan fingerprint density at radius 1 is 0.978 bits per heavy atom. The summed E-state index contributed by atoms with van der Waals surface area (Å²) in [5.41, 5.74) is 4.67. The van der Waals surface area contributed by atoms with Gasteiger partial charge in [0.05, 0.1) is 5.52 Å². The molecule has 0 fully saturated rings. The molecule has 2 amide bonds. The van der Waals surface area contributed by atoms with Gasteiger partial charge in [-0.25, -0.2) is 15.0 Å². The Morgan fingerprint density at radius 3 is 2.48 bits per heavy atom. The molecule has 46 heavy (non-hydrogen) atoms. The van der Waals surface area contributed by atoms with E-state index in [-0.39, 0.29) is 24.1 Å². The standard InChI is InChI=1S/C35H40BrN7O3/c1-22-14-15-30(36)39-34(22)40-35(46)23(2)42-16-12-10-8-6-5-7-9-11-13-26-17-27(28-19-37-25(4)38-20-28)18-29-32(24(3)44)41-43(33(26)29)21-31(42)45/h8,10,14-15,17-20,23H,5-7,9,11-13,16,21H2,1-4H3,(H,39,40,46)/b10-8-. The van der Waals surface area contributed by atoms with E-state index in [1.165, 1.54) is 6.92 Å². The second-order valence-corrected chi connectivity index (χ2v) is 12.7. The SMILES string of the molecule is CC(=O)c1nn2c3c(cc(-c4cnc(C)nc4)cc13)CCCCCC/C=C\CCN(C(C)C(=O)Nc1nc(Br)ccc1C)C(=O)C2. The van der Waals surface area contributed by atoms with Crippen molar-refractivity contribution >= 4 is 50.2 Å². The monoisotopic (exact) mass is 685 g/mol. The van der Waals surface area contributed by atoms with Crippen molar-refractivity contribution in [3.8, 4) is 11.1 Å². The number of hydrogen-bond acceptors (Lipinski definition) is 7. The van der Waals surface area contributed by atoms with E-state index in [4.69, 9.17) is 5.10 Å². The van der Waals surface area contributed by atoms with E-state index < -0.39 is 6.04 Å². The third kappa shape index (κ3) is 7.75. The zero-order chi connectivity index (χ0) is 32.8. The number of amides is 2. The highest BCUT2D eigenvalue weighted by atomic mass is 79.9. The number of aromatic nitrogens is 5. The average molecular weight is 687 g/mol. The van der Waals surface area contributed by atoms with E-state index in [2.05, 4.69) is 54.4 Å². The topological polar surface area (TPSA) is 123 Å². The first-order chi connectivity index (χ1) is 22.1. The lowest BCUT2D eigenvalue weighted by molar-refractivity contribution is -0.138. The molecule has 4 aromatic rings. The molecule has 5 rings (SSSR count). The van der Waals surface area contributed by atoms with Gasteiger partial charge in [0.25, 0.3) is 0 Å². The summed E-state index contributed by atoms with van der Waals surface area (Å²) in [6.45, 7) is 7.18. The lowest BCUT2D eigenvalue weighted by Crippen LogP contribution is -2.47. The predicted molar refractivity (Wildman–Crippen MR) is 183 cm³/mol. The minimum atomic E-state index is -0.776. The van der Waals surface area contributed by atoms with Crippen LogP contribution in [0.15, 0.2) is 53.4 Å². The highest BCUT2D eigenvalue weighted by Crippen LogP contribution is 2.31. The van der Waals surface area contributed by atoms with Gasteiger partial charge in [-0.3, -0.25) is 19.1 Å². The van der Waals surface area contributed by atoms with Gasteiger partial charge in [0.1, 0.15) is 34.5 Å². The molecule has 4 heterocycles. The number of carbonyl (C=O) groups excluding carboxylic acids is 3. The summed E-state index contributed by atoms with van der Waals surface area (Å²) < 4.78 is 2.26. The van der Waals surface area contributed by atoms with Gasteiger partial charge < -0.3 is 10.2 Å². The second-order valence-electron chi connectivity index (χ2n) is 11.9. The van der Waals surface area contributed by atoms with Crippen LogP contribution in [0, 0.1) is 13.8 Å². The van der Waals surface area contributed by atoms with Gasteiger partial charge in [-0.05, 0) is 104 Å². The minimum absolute atomic E-state index is 0.112. The number of nitrogens with one attached hydrogen (secondary N) is 1. The highest BCUT2D eigenvalue weighted by molar-refractivity contribution is 9.10. The molecule has 1 unspecified atom stereocenters. The number of carbonyl (C=O) groups is 3. The maximum atomic E-state index is 14.1. The summed E-state index contributed by atoms with van der Waals surface area (Å²) >= 11 is 3.37. The first-order valence-corrected chi connectivity index (χ1v) is 16.6. The fraction of sp³-hybridized carbons (Fsp3) is 0.400. The van der Waals surface area contributed by atoms with E-state index >= 15 is 0 Å². The van der Waals surface area contributed by atoms with Gasteiger partial charge in [-0.2, -0.15) is 5.10 Å². The fourth-order valence-corrected chi connectivity index (χ4v) is 6.12. The van der Waals surface area contributed by atoms with Crippen molar-refractivity contribution in [2.45, 2.75) is 85.2 Å². The molecule has 240 valence electrons. The number of ketones is 1. The van der Waals surface area contributed by atoms with Crippen molar-refractivity contribution in [1.82, 2.24) is 29.6 Å².